The molecule has 0 bridgehead atoms. The number of H-pyrrole nitrogens is 1. The van der Waals surface area contributed by atoms with Crippen LogP contribution in [0, 0.1) is 0 Å². The van der Waals surface area contributed by atoms with Crippen molar-refractivity contribution in [3.8, 4) is 0 Å². The van der Waals surface area contributed by atoms with Gasteiger partial charge in [-0.05, 0) is 37.1 Å². The van der Waals surface area contributed by atoms with Gasteiger partial charge in [-0.3, -0.25) is 4.79 Å². The highest BCUT2D eigenvalue weighted by molar-refractivity contribution is 5.98. The minimum Gasteiger partial charge on any atom is -0.399 e. The molecule has 1 aromatic heterocycles. The van der Waals surface area contributed by atoms with E-state index in [1.54, 1.807) is 0 Å². The van der Waals surface area contributed by atoms with E-state index in [2.05, 4.69) is 24.1 Å². The van der Waals surface area contributed by atoms with Crippen LogP contribution >= 0.6 is 0 Å². The number of rotatable bonds is 4. The molecular weight excluding hydrogens is 226 g/mol. The standard InChI is InChI=1S/C14H19N3O/c1-3-11(4-2)16-14(18)13-8-9-7-10(15)5-6-12(9)17-13/h5-8,11,17H,3-4,15H2,1-2H3,(H,16,18). The Labute approximate surface area is 107 Å². The molecule has 4 heteroatoms. The normalized spacial score (nSPS) is 11.1. The molecule has 0 fully saturated rings. The van der Waals surface area contributed by atoms with Crippen LogP contribution in [-0.4, -0.2) is 16.9 Å². The molecule has 0 saturated carbocycles. The number of nitrogens with two attached hydrogens (primary N) is 1. The number of anilines is 1. The third-order valence-electron chi connectivity index (χ3n) is 3.21. The van der Waals surface area contributed by atoms with E-state index in [-0.39, 0.29) is 11.9 Å². The number of hydrogen-bond acceptors (Lipinski definition) is 2. The number of fused-ring (bicyclic) bond motifs is 1. The molecule has 2 aromatic rings. The summed E-state index contributed by atoms with van der Waals surface area (Å²) in [6, 6.07) is 7.64. The summed E-state index contributed by atoms with van der Waals surface area (Å²) in [6.45, 7) is 4.14. The molecule has 18 heavy (non-hydrogen) atoms. The first kappa shape index (κ1) is 12.5. The fourth-order valence-corrected chi connectivity index (χ4v) is 2.03. The number of nitrogens with one attached hydrogen (secondary N) is 2. The molecule has 4 nitrogen and oxygen atoms in total. The van der Waals surface area contributed by atoms with Gasteiger partial charge in [0.2, 0.25) is 0 Å². The first-order valence-corrected chi connectivity index (χ1v) is 6.33. The summed E-state index contributed by atoms with van der Waals surface area (Å²) in [5, 5.41) is 3.97. The van der Waals surface area contributed by atoms with E-state index in [9.17, 15) is 4.79 Å². The Bertz CT molecular complexity index is 555. The number of nitrogen functional groups attached to an aromatic ring is 1. The van der Waals surface area contributed by atoms with Gasteiger partial charge in [-0.1, -0.05) is 13.8 Å². The molecule has 1 amide bonds. The summed E-state index contributed by atoms with van der Waals surface area (Å²) in [5.74, 6) is -0.0570. The minimum absolute atomic E-state index is 0.0570. The lowest BCUT2D eigenvalue weighted by Crippen LogP contribution is -2.33. The first-order chi connectivity index (χ1) is 8.63. The van der Waals surface area contributed by atoms with E-state index in [0.29, 0.717) is 11.4 Å². The molecule has 0 spiro atoms. The third-order valence-corrected chi connectivity index (χ3v) is 3.21. The van der Waals surface area contributed by atoms with Crippen LogP contribution in [0.15, 0.2) is 24.3 Å². The van der Waals surface area contributed by atoms with Gasteiger partial charge in [-0.15, -0.1) is 0 Å². The molecule has 0 aliphatic carbocycles. The fraction of sp³-hybridized carbons (Fsp3) is 0.357. The van der Waals surface area contributed by atoms with Gasteiger partial charge in [0.1, 0.15) is 5.69 Å². The van der Waals surface area contributed by atoms with E-state index in [0.717, 1.165) is 23.7 Å². The highest BCUT2D eigenvalue weighted by atomic mass is 16.1. The zero-order valence-electron chi connectivity index (χ0n) is 10.8. The number of benzene rings is 1. The minimum atomic E-state index is -0.0570. The predicted molar refractivity (Wildman–Crippen MR) is 74.5 cm³/mol. The van der Waals surface area contributed by atoms with E-state index < -0.39 is 0 Å². The van der Waals surface area contributed by atoms with Crippen molar-refractivity contribution in [2.24, 2.45) is 0 Å². The van der Waals surface area contributed by atoms with Crippen LogP contribution in [0.4, 0.5) is 5.69 Å². The van der Waals surface area contributed by atoms with Gasteiger partial charge >= 0.3 is 0 Å². The fourth-order valence-electron chi connectivity index (χ4n) is 2.03. The summed E-state index contributed by atoms with van der Waals surface area (Å²) >= 11 is 0. The summed E-state index contributed by atoms with van der Waals surface area (Å²) in [7, 11) is 0. The number of carbonyl (C=O) groups is 1. The average Bonchev–Trinajstić information content (AvgIpc) is 2.78. The van der Waals surface area contributed by atoms with Crippen molar-refractivity contribution < 1.29 is 4.79 Å². The lowest BCUT2D eigenvalue weighted by Gasteiger charge is -2.13. The van der Waals surface area contributed by atoms with Gasteiger partial charge in [-0.25, -0.2) is 0 Å². The van der Waals surface area contributed by atoms with Crippen LogP contribution in [-0.2, 0) is 0 Å². The molecule has 0 aliphatic rings. The maximum absolute atomic E-state index is 12.1. The lowest BCUT2D eigenvalue weighted by molar-refractivity contribution is 0.0930. The summed E-state index contributed by atoms with van der Waals surface area (Å²) in [4.78, 5) is 15.2. The Kier molecular flexibility index (Phi) is 3.55. The Morgan fingerprint density at radius 2 is 2.06 bits per heavy atom. The number of amides is 1. The zero-order chi connectivity index (χ0) is 13.1. The van der Waals surface area contributed by atoms with Crippen molar-refractivity contribution in [2.75, 3.05) is 5.73 Å². The largest absolute Gasteiger partial charge is 0.399 e. The molecule has 0 saturated heterocycles. The van der Waals surface area contributed by atoms with Crippen LogP contribution in [0.2, 0.25) is 0 Å². The van der Waals surface area contributed by atoms with Crippen LogP contribution in [0.1, 0.15) is 37.2 Å². The molecule has 0 aliphatic heterocycles. The van der Waals surface area contributed by atoms with E-state index in [1.807, 2.05) is 24.3 Å². The zero-order valence-corrected chi connectivity index (χ0v) is 10.8. The Morgan fingerprint density at radius 1 is 1.33 bits per heavy atom. The molecule has 96 valence electrons. The Morgan fingerprint density at radius 3 is 2.72 bits per heavy atom. The summed E-state index contributed by atoms with van der Waals surface area (Å²) in [6.07, 6.45) is 1.88. The van der Waals surface area contributed by atoms with Crippen molar-refractivity contribution in [3.05, 3.63) is 30.0 Å². The van der Waals surface area contributed by atoms with Crippen LogP contribution in [0.3, 0.4) is 0 Å². The SMILES string of the molecule is CCC(CC)NC(=O)c1cc2cc(N)ccc2[nH]1. The Balaban J connectivity index is 2.23. The summed E-state index contributed by atoms with van der Waals surface area (Å²) in [5.41, 5.74) is 7.94. The van der Waals surface area contributed by atoms with Gasteiger partial charge < -0.3 is 16.0 Å². The molecule has 0 unspecified atom stereocenters. The second kappa shape index (κ2) is 5.12. The highest BCUT2D eigenvalue weighted by Gasteiger charge is 2.12. The molecular formula is C14H19N3O. The molecule has 2 rings (SSSR count). The maximum Gasteiger partial charge on any atom is 0.267 e. The smallest absolute Gasteiger partial charge is 0.267 e. The molecule has 1 heterocycles. The van der Waals surface area contributed by atoms with Gasteiger partial charge in [0.05, 0.1) is 0 Å². The van der Waals surface area contributed by atoms with Gasteiger partial charge in [0.15, 0.2) is 0 Å². The molecule has 0 atom stereocenters. The van der Waals surface area contributed by atoms with Crippen molar-refractivity contribution in [3.63, 3.8) is 0 Å². The second-order valence-electron chi connectivity index (χ2n) is 4.52. The predicted octanol–water partition coefficient (Wildman–Crippen LogP) is 2.67. The molecule has 0 radical (unpaired) electrons. The monoisotopic (exact) mass is 245 g/mol. The number of aromatic nitrogens is 1. The quantitative estimate of drug-likeness (QED) is 0.725. The van der Waals surface area contributed by atoms with Gasteiger partial charge in [0.25, 0.3) is 5.91 Å². The highest BCUT2D eigenvalue weighted by Crippen LogP contribution is 2.18. The number of hydrogen-bond donors (Lipinski definition) is 3. The summed E-state index contributed by atoms with van der Waals surface area (Å²) < 4.78 is 0. The lowest BCUT2D eigenvalue weighted by atomic mass is 10.1. The van der Waals surface area contributed by atoms with E-state index in [1.165, 1.54) is 0 Å². The van der Waals surface area contributed by atoms with Gasteiger partial charge in [-0.2, -0.15) is 0 Å². The van der Waals surface area contributed by atoms with Crippen molar-refractivity contribution >= 4 is 22.5 Å². The van der Waals surface area contributed by atoms with Crippen LogP contribution in [0.25, 0.3) is 10.9 Å². The van der Waals surface area contributed by atoms with Crippen molar-refractivity contribution in [2.45, 2.75) is 32.7 Å². The average molecular weight is 245 g/mol. The van der Waals surface area contributed by atoms with E-state index in [4.69, 9.17) is 5.73 Å². The second-order valence-corrected chi connectivity index (χ2v) is 4.52. The van der Waals surface area contributed by atoms with E-state index >= 15 is 0 Å². The van der Waals surface area contributed by atoms with Crippen molar-refractivity contribution in [1.82, 2.24) is 10.3 Å². The number of carbonyl (C=O) groups excluding carboxylic acids is 1. The van der Waals surface area contributed by atoms with Crippen LogP contribution < -0.4 is 11.1 Å². The first-order valence-electron chi connectivity index (χ1n) is 6.33. The topological polar surface area (TPSA) is 70.9 Å². The van der Waals surface area contributed by atoms with Crippen LogP contribution in [0.5, 0.6) is 0 Å². The maximum atomic E-state index is 12.1. The molecule has 4 N–H and O–H groups in total. The number of aromatic amines is 1. The van der Waals surface area contributed by atoms with Crippen molar-refractivity contribution in [1.29, 1.82) is 0 Å². The third kappa shape index (κ3) is 2.47. The Hall–Kier alpha value is -1.97. The molecule has 1 aromatic carbocycles. The van der Waals surface area contributed by atoms with Gasteiger partial charge in [0, 0.05) is 22.6 Å².